The first kappa shape index (κ1) is 17.2. The molecule has 2 rings (SSSR count). The fourth-order valence-electron chi connectivity index (χ4n) is 1.63. The Labute approximate surface area is 140 Å². The summed E-state index contributed by atoms with van der Waals surface area (Å²) in [5.41, 5.74) is -0.521. The molecule has 23 heavy (non-hydrogen) atoms. The number of benzene rings is 2. The number of rotatable bonds is 4. The van der Waals surface area contributed by atoms with Crippen LogP contribution in [0.5, 0.6) is 0 Å². The summed E-state index contributed by atoms with van der Waals surface area (Å²) in [4.78, 5) is 23.4. The second-order valence-electron chi connectivity index (χ2n) is 4.35. The molecule has 0 radical (unpaired) electrons. The van der Waals surface area contributed by atoms with Crippen LogP contribution in [-0.2, 0) is 9.53 Å². The number of ether oxygens (including phenoxy) is 1. The third-order valence-electron chi connectivity index (χ3n) is 2.72. The van der Waals surface area contributed by atoms with Crippen molar-refractivity contribution in [2.45, 2.75) is 0 Å². The highest BCUT2D eigenvalue weighted by atomic mass is 35.5. The van der Waals surface area contributed by atoms with Crippen LogP contribution < -0.4 is 5.32 Å². The van der Waals surface area contributed by atoms with Gasteiger partial charge in [-0.3, -0.25) is 4.79 Å². The minimum atomic E-state index is -0.936. The molecule has 0 aromatic heterocycles. The summed E-state index contributed by atoms with van der Waals surface area (Å²) in [5.74, 6) is -3.58. The molecule has 1 amide bonds. The minimum absolute atomic E-state index is 0.0873. The Morgan fingerprint density at radius 2 is 1.70 bits per heavy atom. The lowest BCUT2D eigenvalue weighted by atomic mass is 10.2. The van der Waals surface area contributed by atoms with Gasteiger partial charge in [-0.1, -0.05) is 29.3 Å². The van der Waals surface area contributed by atoms with Crippen molar-refractivity contribution >= 4 is 40.8 Å². The van der Waals surface area contributed by atoms with Gasteiger partial charge < -0.3 is 10.1 Å². The maximum atomic E-state index is 13.4. The van der Waals surface area contributed by atoms with Crippen LogP contribution in [0.2, 0.25) is 10.0 Å². The van der Waals surface area contributed by atoms with Crippen molar-refractivity contribution in [1.82, 2.24) is 0 Å². The quantitative estimate of drug-likeness (QED) is 0.837. The second-order valence-corrected chi connectivity index (χ2v) is 5.16. The molecule has 0 heterocycles. The van der Waals surface area contributed by atoms with Gasteiger partial charge in [0.25, 0.3) is 5.91 Å². The topological polar surface area (TPSA) is 55.4 Å². The Kier molecular flexibility index (Phi) is 5.52. The third kappa shape index (κ3) is 4.40. The molecule has 0 spiro atoms. The number of nitrogens with one attached hydrogen (secondary N) is 1. The van der Waals surface area contributed by atoms with Crippen molar-refractivity contribution in [2.75, 3.05) is 11.9 Å². The number of hydrogen-bond donors (Lipinski definition) is 1. The van der Waals surface area contributed by atoms with Crippen LogP contribution in [0.25, 0.3) is 0 Å². The number of halogens is 4. The lowest BCUT2D eigenvalue weighted by Crippen LogP contribution is -2.22. The van der Waals surface area contributed by atoms with Crippen LogP contribution in [0.4, 0.5) is 14.5 Å². The normalized spacial score (nSPS) is 10.3. The van der Waals surface area contributed by atoms with Crippen LogP contribution in [0.15, 0.2) is 36.4 Å². The van der Waals surface area contributed by atoms with Crippen molar-refractivity contribution in [3.8, 4) is 0 Å². The van der Waals surface area contributed by atoms with E-state index in [1.54, 1.807) is 0 Å². The number of carbonyl (C=O) groups is 2. The predicted octanol–water partition coefficient (Wildman–Crippen LogP) is 4.07. The Bertz CT molecular complexity index is 748. The van der Waals surface area contributed by atoms with Gasteiger partial charge in [0.05, 0.1) is 15.6 Å². The van der Waals surface area contributed by atoms with E-state index in [-0.39, 0.29) is 15.6 Å². The van der Waals surface area contributed by atoms with Gasteiger partial charge in [-0.2, -0.15) is 0 Å². The monoisotopic (exact) mass is 359 g/mol. The molecule has 0 fully saturated rings. The van der Waals surface area contributed by atoms with Crippen molar-refractivity contribution in [1.29, 1.82) is 0 Å². The molecule has 0 aliphatic carbocycles. The van der Waals surface area contributed by atoms with E-state index < -0.39 is 35.8 Å². The number of anilines is 1. The summed E-state index contributed by atoms with van der Waals surface area (Å²) in [5, 5.41) is 2.40. The van der Waals surface area contributed by atoms with Crippen LogP contribution in [0.1, 0.15) is 10.4 Å². The molecule has 8 heteroatoms. The third-order valence-corrected chi connectivity index (χ3v) is 3.46. The van der Waals surface area contributed by atoms with E-state index in [1.807, 2.05) is 5.32 Å². The lowest BCUT2D eigenvalue weighted by Gasteiger charge is -2.08. The van der Waals surface area contributed by atoms with Gasteiger partial charge in [-0.05, 0) is 30.3 Å². The number of para-hydroxylation sites is 1. The van der Waals surface area contributed by atoms with Crippen LogP contribution in [0, 0.1) is 11.6 Å². The van der Waals surface area contributed by atoms with E-state index in [9.17, 15) is 18.4 Å². The van der Waals surface area contributed by atoms with Crippen LogP contribution in [0.3, 0.4) is 0 Å². The zero-order chi connectivity index (χ0) is 17.0. The smallest absolute Gasteiger partial charge is 0.338 e. The average molecular weight is 360 g/mol. The number of amides is 1. The number of hydrogen-bond acceptors (Lipinski definition) is 3. The summed E-state index contributed by atoms with van der Waals surface area (Å²) < 4.78 is 31.5. The Hall–Kier alpha value is -2.18. The van der Waals surface area contributed by atoms with E-state index in [1.165, 1.54) is 18.2 Å². The molecule has 0 aliphatic rings. The average Bonchev–Trinajstić information content (AvgIpc) is 2.51. The number of carbonyl (C=O) groups excluding carboxylic acids is 2. The molecule has 0 aliphatic heterocycles. The second kappa shape index (κ2) is 7.39. The van der Waals surface area contributed by atoms with Crippen molar-refractivity contribution in [2.24, 2.45) is 0 Å². The lowest BCUT2D eigenvalue weighted by molar-refractivity contribution is -0.119. The Morgan fingerprint density at radius 3 is 2.30 bits per heavy atom. The molecule has 0 saturated carbocycles. The van der Waals surface area contributed by atoms with Crippen LogP contribution >= 0.6 is 23.2 Å². The van der Waals surface area contributed by atoms with Crippen molar-refractivity contribution in [3.63, 3.8) is 0 Å². The highest BCUT2D eigenvalue weighted by Gasteiger charge is 2.15. The fourth-order valence-corrected chi connectivity index (χ4v) is 1.93. The Morgan fingerprint density at radius 1 is 1.04 bits per heavy atom. The molecular formula is C15H9Cl2F2NO3. The molecule has 2 aromatic carbocycles. The summed E-state index contributed by atoms with van der Waals surface area (Å²) >= 11 is 11.5. The van der Waals surface area contributed by atoms with E-state index in [0.29, 0.717) is 0 Å². The molecule has 0 bridgehead atoms. The Balaban J connectivity index is 1.96. The van der Waals surface area contributed by atoms with E-state index in [0.717, 1.165) is 18.2 Å². The number of esters is 1. The maximum absolute atomic E-state index is 13.4. The predicted molar refractivity (Wildman–Crippen MR) is 81.7 cm³/mol. The van der Waals surface area contributed by atoms with E-state index in [2.05, 4.69) is 0 Å². The summed E-state index contributed by atoms with van der Waals surface area (Å²) in [6.07, 6.45) is 0. The highest BCUT2D eigenvalue weighted by molar-refractivity contribution is 6.42. The first-order valence-corrected chi connectivity index (χ1v) is 7.00. The van der Waals surface area contributed by atoms with E-state index in [4.69, 9.17) is 27.9 Å². The summed E-state index contributed by atoms with van der Waals surface area (Å²) in [6, 6.07) is 7.17. The fraction of sp³-hybridized carbons (Fsp3) is 0.0667. The first-order valence-electron chi connectivity index (χ1n) is 6.24. The highest BCUT2D eigenvalue weighted by Crippen LogP contribution is 2.23. The SMILES string of the molecule is O=C(COC(=O)c1ccc(Cl)c(Cl)c1)Nc1c(F)cccc1F. The molecule has 4 nitrogen and oxygen atoms in total. The molecular weight excluding hydrogens is 351 g/mol. The van der Waals surface area contributed by atoms with Gasteiger partial charge in [-0.15, -0.1) is 0 Å². The molecule has 1 N–H and O–H groups in total. The zero-order valence-electron chi connectivity index (χ0n) is 11.4. The first-order chi connectivity index (χ1) is 10.9. The van der Waals surface area contributed by atoms with Gasteiger partial charge in [0.1, 0.15) is 17.3 Å². The molecule has 0 saturated heterocycles. The van der Waals surface area contributed by atoms with Gasteiger partial charge in [0, 0.05) is 0 Å². The summed E-state index contributed by atoms with van der Waals surface area (Å²) in [6.45, 7) is -0.715. The van der Waals surface area contributed by atoms with Crippen LogP contribution in [-0.4, -0.2) is 18.5 Å². The van der Waals surface area contributed by atoms with Gasteiger partial charge in [-0.25, -0.2) is 13.6 Å². The van der Waals surface area contributed by atoms with E-state index >= 15 is 0 Å². The molecule has 2 aromatic rings. The maximum Gasteiger partial charge on any atom is 0.338 e. The van der Waals surface area contributed by atoms with Gasteiger partial charge in [0.2, 0.25) is 0 Å². The van der Waals surface area contributed by atoms with Gasteiger partial charge >= 0.3 is 5.97 Å². The largest absolute Gasteiger partial charge is 0.452 e. The minimum Gasteiger partial charge on any atom is -0.452 e. The van der Waals surface area contributed by atoms with Gasteiger partial charge in [0.15, 0.2) is 6.61 Å². The zero-order valence-corrected chi connectivity index (χ0v) is 12.9. The van der Waals surface area contributed by atoms with Crippen molar-refractivity contribution in [3.05, 3.63) is 63.6 Å². The summed E-state index contributed by atoms with van der Waals surface area (Å²) in [7, 11) is 0. The van der Waals surface area contributed by atoms with Crippen molar-refractivity contribution < 1.29 is 23.1 Å². The molecule has 0 unspecified atom stereocenters. The molecule has 120 valence electrons. The molecule has 0 atom stereocenters. The standard InChI is InChI=1S/C15H9Cl2F2NO3/c16-9-5-4-8(6-10(9)17)15(22)23-7-13(21)20-14-11(18)2-1-3-12(14)19/h1-6H,7H2,(H,20,21).